The summed E-state index contributed by atoms with van der Waals surface area (Å²) in [5, 5.41) is 0.409. The minimum absolute atomic E-state index is 0.409. The van der Waals surface area contributed by atoms with Crippen LogP contribution < -0.4 is 9.64 Å². The van der Waals surface area contributed by atoms with Crippen LogP contribution in [-0.4, -0.2) is 24.1 Å². The van der Waals surface area contributed by atoms with Crippen LogP contribution in [0, 0.1) is 0 Å². The monoisotopic (exact) mass is 341 g/mol. The summed E-state index contributed by atoms with van der Waals surface area (Å²) in [6, 6.07) is 7.91. The summed E-state index contributed by atoms with van der Waals surface area (Å²) < 4.78 is 5.84. The zero-order valence-corrected chi connectivity index (χ0v) is 12.9. The van der Waals surface area contributed by atoms with Crippen molar-refractivity contribution in [3.63, 3.8) is 0 Å². The third kappa shape index (κ3) is 3.36. The number of hydrogen-bond donors (Lipinski definition) is 0. The maximum Gasteiger partial charge on any atom is 0.148 e. The van der Waals surface area contributed by atoms with Gasteiger partial charge in [-0.05, 0) is 33.6 Å². The van der Waals surface area contributed by atoms with Crippen LogP contribution in [0.1, 0.15) is 5.56 Å². The SMILES string of the molecule is COc1ccc(CN(C)c2ncnc(Cl)c2Br)cc1. The summed E-state index contributed by atoms with van der Waals surface area (Å²) in [5.41, 5.74) is 1.16. The Labute approximate surface area is 125 Å². The number of nitrogens with zero attached hydrogens (tertiary/aromatic N) is 3. The fourth-order valence-electron chi connectivity index (χ4n) is 1.69. The zero-order valence-electron chi connectivity index (χ0n) is 10.6. The summed E-state index contributed by atoms with van der Waals surface area (Å²) in [6.07, 6.45) is 1.45. The molecule has 0 unspecified atom stereocenters. The minimum Gasteiger partial charge on any atom is -0.497 e. The molecular weight excluding hydrogens is 330 g/mol. The lowest BCUT2D eigenvalue weighted by Crippen LogP contribution is -2.18. The molecule has 0 N–H and O–H groups in total. The van der Waals surface area contributed by atoms with Gasteiger partial charge in [-0.1, -0.05) is 23.7 Å². The average Bonchev–Trinajstić information content (AvgIpc) is 2.42. The topological polar surface area (TPSA) is 38.2 Å². The highest BCUT2D eigenvalue weighted by Gasteiger charge is 2.11. The number of halogens is 2. The summed E-state index contributed by atoms with van der Waals surface area (Å²) in [7, 11) is 3.61. The van der Waals surface area contributed by atoms with E-state index < -0.39 is 0 Å². The van der Waals surface area contributed by atoms with Crippen LogP contribution in [0.5, 0.6) is 5.75 Å². The minimum atomic E-state index is 0.409. The smallest absolute Gasteiger partial charge is 0.148 e. The van der Waals surface area contributed by atoms with E-state index in [1.807, 2.05) is 36.2 Å². The Morgan fingerprint density at radius 1 is 1.26 bits per heavy atom. The van der Waals surface area contributed by atoms with E-state index in [-0.39, 0.29) is 0 Å². The van der Waals surface area contributed by atoms with E-state index in [2.05, 4.69) is 25.9 Å². The molecule has 0 aliphatic rings. The highest BCUT2D eigenvalue weighted by Crippen LogP contribution is 2.29. The van der Waals surface area contributed by atoms with Gasteiger partial charge < -0.3 is 9.64 Å². The molecule has 0 saturated carbocycles. The highest BCUT2D eigenvalue weighted by molar-refractivity contribution is 9.10. The maximum atomic E-state index is 5.96. The quantitative estimate of drug-likeness (QED) is 0.797. The molecule has 100 valence electrons. The molecule has 1 aromatic heterocycles. The van der Waals surface area contributed by atoms with Crippen LogP contribution in [0.25, 0.3) is 0 Å². The van der Waals surface area contributed by atoms with E-state index in [0.717, 1.165) is 23.7 Å². The van der Waals surface area contributed by atoms with E-state index in [1.165, 1.54) is 6.33 Å². The van der Waals surface area contributed by atoms with E-state index in [0.29, 0.717) is 9.63 Å². The Hall–Kier alpha value is -1.33. The summed E-state index contributed by atoms with van der Waals surface area (Å²) >= 11 is 9.36. The number of hydrogen-bond acceptors (Lipinski definition) is 4. The normalized spacial score (nSPS) is 10.3. The molecule has 2 aromatic rings. The molecule has 1 aromatic carbocycles. The van der Waals surface area contributed by atoms with E-state index in [4.69, 9.17) is 16.3 Å². The Kier molecular flexibility index (Phi) is 4.61. The molecule has 0 saturated heterocycles. The first-order valence-corrected chi connectivity index (χ1v) is 6.79. The van der Waals surface area contributed by atoms with Gasteiger partial charge in [0.2, 0.25) is 0 Å². The van der Waals surface area contributed by atoms with E-state index in [9.17, 15) is 0 Å². The van der Waals surface area contributed by atoms with Gasteiger partial charge in [-0.25, -0.2) is 9.97 Å². The second-order valence-electron chi connectivity index (χ2n) is 4.01. The van der Waals surface area contributed by atoms with Gasteiger partial charge in [-0.3, -0.25) is 0 Å². The molecule has 0 amide bonds. The molecule has 0 bridgehead atoms. The van der Waals surface area contributed by atoms with Gasteiger partial charge in [0.1, 0.15) is 23.0 Å². The largest absolute Gasteiger partial charge is 0.497 e. The average molecular weight is 343 g/mol. The van der Waals surface area contributed by atoms with Gasteiger partial charge >= 0.3 is 0 Å². The molecule has 19 heavy (non-hydrogen) atoms. The number of aromatic nitrogens is 2. The molecule has 0 atom stereocenters. The van der Waals surface area contributed by atoms with E-state index >= 15 is 0 Å². The van der Waals surface area contributed by atoms with Crippen molar-refractivity contribution in [1.29, 1.82) is 0 Å². The van der Waals surface area contributed by atoms with Gasteiger partial charge in [0.25, 0.3) is 0 Å². The standard InChI is InChI=1S/C13H13BrClN3O/c1-18(13-11(14)12(15)16-8-17-13)7-9-3-5-10(19-2)6-4-9/h3-6,8H,7H2,1-2H3. The van der Waals surface area contributed by atoms with Crippen molar-refractivity contribution in [2.45, 2.75) is 6.54 Å². The van der Waals surface area contributed by atoms with Gasteiger partial charge in [-0.15, -0.1) is 0 Å². The third-order valence-electron chi connectivity index (χ3n) is 2.67. The van der Waals surface area contributed by atoms with Crippen LogP contribution in [0.15, 0.2) is 35.1 Å². The lowest BCUT2D eigenvalue weighted by molar-refractivity contribution is 0.414. The Balaban J connectivity index is 2.15. The van der Waals surface area contributed by atoms with Gasteiger partial charge in [0.05, 0.1) is 11.6 Å². The summed E-state index contributed by atoms with van der Waals surface area (Å²) in [5.74, 6) is 1.61. The lowest BCUT2D eigenvalue weighted by atomic mass is 10.2. The predicted molar refractivity (Wildman–Crippen MR) is 79.8 cm³/mol. The van der Waals surface area contributed by atoms with Crippen LogP contribution in [0.3, 0.4) is 0 Å². The summed E-state index contributed by atoms with van der Waals surface area (Å²) in [4.78, 5) is 10.1. The van der Waals surface area contributed by atoms with Crippen LogP contribution in [0.4, 0.5) is 5.82 Å². The zero-order chi connectivity index (χ0) is 13.8. The highest BCUT2D eigenvalue weighted by atomic mass is 79.9. The molecular formula is C13H13BrClN3O. The van der Waals surface area contributed by atoms with Crippen LogP contribution in [-0.2, 0) is 6.54 Å². The van der Waals surface area contributed by atoms with Gasteiger partial charge in [0, 0.05) is 13.6 Å². The maximum absolute atomic E-state index is 5.96. The summed E-state index contributed by atoms with van der Waals surface area (Å²) in [6.45, 7) is 0.718. The van der Waals surface area contributed by atoms with Gasteiger partial charge in [-0.2, -0.15) is 0 Å². The first-order valence-electron chi connectivity index (χ1n) is 5.62. The Morgan fingerprint density at radius 2 is 1.95 bits per heavy atom. The molecule has 4 nitrogen and oxygen atoms in total. The molecule has 2 rings (SSSR count). The number of anilines is 1. The number of methoxy groups -OCH3 is 1. The van der Waals surface area contributed by atoms with E-state index in [1.54, 1.807) is 7.11 Å². The second-order valence-corrected chi connectivity index (χ2v) is 5.16. The van der Waals surface area contributed by atoms with Gasteiger partial charge in [0.15, 0.2) is 0 Å². The van der Waals surface area contributed by atoms with Crippen LogP contribution in [0.2, 0.25) is 5.15 Å². The van der Waals surface area contributed by atoms with Crippen molar-refractivity contribution in [3.05, 3.63) is 45.8 Å². The molecule has 6 heteroatoms. The van der Waals surface area contributed by atoms with Crippen molar-refractivity contribution >= 4 is 33.3 Å². The Bertz CT molecular complexity index is 562. The molecule has 0 radical (unpaired) electrons. The van der Waals surface area contributed by atoms with Crippen LogP contribution >= 0.6 is 27.5 Å². The fraction of sp³-hybridized carbons (Fsp3) is 0.231. The van der Waals surface area contributed by atoms with Crippen molar-refractivity contribution in [1.82, 2.24) is 9.97 Å². The first kappa shape index (κ1) is 14.1. The van der Waals surface area contributed by atoms with Crippen molar-refractivity contribution in [2.24, 2.45) is 0 Å². The van der Waals surface area contributed by atoms with Crippen molar-refractivity contribution in [2.75, 3.05) is 19.1 Å². The first-order chi connectivity index (χ1) is 9.11. The fourth-order valence-corrected chi connectivity index (χ4v) is 2.32. The molecule has 0 spiro atoms. The predicted octanol–water partition coefficient (Wildman–Crippen LogP) is 3.54. The number of rotatable bonds is 4. The Morgan fingerprint density at radius 3 is 2.58 bits per heavy atom. The second kappa shape index (κ2) is 6.21. The third-order valence-corrected chi connectivity index (χ3v) is 3.91. The lowest BCUT2D eigenvalue weighted by Gasteiger charge is -2.19. The van der Waals surface area contributed by atoms with Crippen molar-refractivity contribution < 1.29 is 4.74 Å². The molecule has 0 aliphatic carbocycles. The molecule has 1 heterocycles. The van der Waals surface area contributed by atoms with Crippen molar-refractivity contribution in [3.8, 4) is 5.75 Å². The molecule has 0 fully saturated rings. The number of benzene rings is 1. The number of ether oxygens (including phenoxy) is 1. The molecule has 0 aliphatic heterocycles.